The van der Waals surface area contributed by atoms with E-state index in [0.717, 1.165) is 41.3 Å². The third kappa shape index (κ3) is 5.03. The molecule has 2 nitrogen and oxygen atoms in total. The van der Waals surface area contributed by atoms with Crippen molar-refractivity contribution in [3.05, 3.63) is 108 Å². The monoisotopic (exact) mass is 469 g/mol. The van der Waals surface area contributed by atoms with E-state index in [9.17, 15) is 13.9 Å². The third-order valence-electron chi connectivity index (χ3n) is 5.31. The van der Waals surface area contributed by atoms with Gasteiger partial charge in [-0.2, -0.15) is 0 Å². The Labute approximate surface area is 185 Å². The van der Waals surface area contributed by atoms with Gasteiger partial charge in [-0.3, -0.25) is 0 Å². The van der Waals surface area contributed by atoms with Gasteiger partial charge in [-0.05, 0) is 53.9 Å². The summed E-state index contributed by atoms with van der Waals surface area (Å²) in [6, 6.07) is 20.5. The molecule has 0 unspecified atom stereocenters. The molecule has 0 fully saturated rings. The number of phenolic OH excluding ortho intramolecular Hbond substituents is 1. The smallest absolute Gasteiger partial charge is 0.176 e. The molecule has 5 heteroatoms. The van der Waals surface area contributed by atoms with Gasteiger partial charge in [-0.15, -0.1) is 0 Å². The predicted octanol–water partition coefficient (Wildman–Crippen LogP) is 2.73. The largest absolute Gasteiger partial charge is 1.00 e. The van der Waals surface area contributed by atoms with Crippen LogP contribution >= 0.6 is 0 Å². The molecule has 0 radical (unpaired) electrons. The number of hydrogen-bond acceptors (Lipinski definition) is 1. The van der Waals surface area contributed by atoms with E-state index in [4.69, 9.17) is 0 Å². The molecular formula is C25H22BrF2NO. The molecule has 154 valence electrons. The maximum absolute atomic E-state index is 13.4. The van der Waals surface area contributed by atoms with Crippen LogP contribution in [0.25, 0.3) is 10.8 Å². The molecule has 0 aliphatic heterocycles. The van der Waals surface area contributed by atoms with Gasteiger partial charge in [0.1, 0.15) is 23.9 Å². The fraction of sp³-hybridized carbons (Fsp3) is 0.160. The molecule has 0 atom stereocenters. The minimum absolute atomic E-state index is 0. The number of halogens is 3. The van der Waals surface area contributed by atoms with Gasteiger partial charge in [0.05, 0.1) is 0 Å². The summed E-state index contributed by atoms with van der Waals surface area (Å²) in [4.78, 5) is 0. The third-order valence-corrected chi connectivity index (χ3v) is 5.31. The number of phenols is 1. The number of aryl methyl sites for hydroxylation is 1. The summed E-state index contributed by atoms with van der Waals surface area (Å²) in [6.45, 7) is 0.810. The molecule has 0 spiro atoms. The zero-order valence-corrected chi connectivity index (χ0v) is 17.9. The van der Waals surface area contributed by atoms with Crippen LogP contribution in [0.3, 0.4) is 0 Å². The van der Waals surface area contributed by atoms with E-state index in [1.165, 1.54) is 24.3 Å². The van der Waals surface area contributed by atoms with Crippen molar-refractivity contribution in [3.63, 3.8) is 0 Å². The highest BCUT2D eigenvalue weighted by Gasteiger charge is 2.16. The highest BCUT2D eigenvalue weighted by molar-refractivity contribution is 5.86. The number of benzene rings is 3. The molecule has 0 aliphatic carbocycles. The topological polar surface area (TPSA) is 24.1 Å². The van der Waals surface area contributed by atoms with Crippen LogP contribution in [-0.4, -0.2) is 5.11 Å². The Bertz CT molecular complexity index is 1070. The number of aromatic nitrogens is 1. The van der Waals surface area contributed by atoms with Gasteiger partial charge in [0.25, 0.3) is 0 Å². The molecule has 0 bridgehead atoms. The van der Waals surface area contributed by atoms with Crippen molar-refractivity contribution in [2.45, 2.75) is 25.3 Å². The Kier molecular flexibility index (Phi) is 7.16. The van der Waals surface area contributed by atoms with E-state index in [2.05, 4.69) is 4.57 Å². The molecule has 4 rings (SSSR count). The lowest BCUT2D eigenvalue weighted by atomic mass is 9.87. The van der Waals surface area contributed by atoms with Crippen molar-refractivity contribution in [2.24, 2.45) is 0 Å². The molecule has 1 heterocycles. The maximum atomic E-state index is 13.4. The normalized spacial score (nSPS) is 10.9. The van der Waals surface area contributed by atoms with Crippen molar-refractivity contribution in [2.75, 3.05) is 0 Å². The fourth-order valence-corrected chi connectivity index (χ4v) is 3.79. The van der Waals surface area contributed by atoms with E-state index < -0.39 is 0 Å². The number of rotatable bonds is 6. The first kappa shape index (κ1) is 21.9. The second-order valence-electron chi connectivity index (χ2n) is 7.26. The first-order valence-electron chi connectivity index (χ1n) is 9.72. The SMILES string of the molecule is Oc1cccc2c[n+](CCCC(c3ccc(F)cc3)c3ccc(F)cc3)ccc12.[Br-]. The predicted molar refractivity (Wildman–Crippen MR) is 110 cm³/mol. The zero-order chi connectivity index (χ0) is 20.2. The first-order chi connectivity index (χ1) is 14.1. The average Bonchev–Trinajstić information content (AvgIpc) is 2.73. The lowest BCUT2D eigenvalue weighted by Gasteiger charge is -2.17. The lowest BCUT2D eigenvalue weighted by Crippen LogP contribution is -3.00. The molecule has 1 aromatic heterocycles. The van der Waals surface area contributed by atoms with Gasteiger partial charge in [0.2, 0.25) is 0 Å². The molecule has 30 heavy (non-hydrogen) atoms. The van der Waals surface area contributed by atoms with E-state index in [1.807, 2.05) is 30.6 Å². The van der Waals surface area contributed by atoms with Crippen molar-refractivity contribution < 1.29 is 35.4 Å². The summed E-state index contributed by atoms with van der Waals surface area (Å²) in [5.74, 6) is -0.174. The second kappa shape index (κ2) is 9.81. The zero-order valence-electron chi connectivity index (χ0n) is 16.3. The Morgan fingerprint density at radius 3 is 2.00 bits per heavy atom. The molecule has 1 N–H and O–H groups in total. The highest BCUT2D eigenvalue weighted by atomic mass is 79.9. The van der Waals surface area contributed by atoms with E-state index in [0.29, 0.717) is 0 Å². The van der Waals surface area contributed by atoms with Gasteiger partial charge in [0, 0.05) is 29.2 Å². The quantitative estimate of drug-likeness (QED) is 0.431. The summed E-state index contributed by atoms with van der Waals surface area (Å²) in [5.41, 5.74) is 2.04. The van der Waals surface area contributed by atoms with Crippen LogP contribution in [-0.2, 0) is 6.54 Å². The van der Waals surface area contributed by atoms with Crippen molar-refractivity contribution in [1.82, 2.24) is 0 Å². The minimum atomic E-state index is -0.262. The Morgan fingerprint density at radius 2 is 1.40 bits per heavy atom. The van der Waals surface area contributed by atoms with Crippen LogP contribution in [0.2, 0.25) is 0 Å². The van der Waals surface area contributed by atoms with Gasteiger partial charge >= 0.3 is 0 Å². The summed E-state index contributed by atoms with van der Waals surface area (Å²) < 4.78 is 28.8. The lowest BCUT2D eigenvalue weighted by molar-refractivity contribution is -0.696. The van der Waals surface area contributed by atoms with Crippen LogP contribution in [0, 0.1) is 11.6 Å². The van der Waals surface area contributed by atoms with Crippen LogP contribution in [0.4, 0.5) is 8.78 Å². The van der Waals surface area contributed by atoms with Gasteiger partial charge in [-0.25, -0.2) is 13.3 Å². The number of aromatic hydroxyl groups is 1. The number of nitrogens with zero attached hydrogens (tertiary/aromatic N) is 1. The summed E-state index contributed by atoms with van der Waals surface area (Å²) in [6.07, 6.45) is 5.74. The Hall–Kier alpha value is -2.79. The number of hydrogen-bond donors (Lipinski definition) is 1. The molecule has 0 amide bonds. The standard InChI is InChI=1S/C25H21F2NO.BrH/c26-21-10-6-18(7-11-21)23(19-8-12-22(27)13-9-19)4-2-15-28-16-14-24-20(17-28)3-1-5-25(24)29;/h1,3,5-14,16-17,23H,2,4,15H2;1H. The Morgan fingerprint density at radius 1 is 0.800 bits per heavy atom. The van der Waals surface area contributed by atoms with Crippen LogP contribution in [0.1, 0.15) is 29.9 Å². The molecular weight excluding hydrogens is 448 g/mol. The van der Waals surface area contributed by atoms with Crippen LogP contribution in [0.5, 0.6) is 5.75 Å². The van der Waals surface area contributed by atoms with Gasteiger partial charge < -0.3 is 22.1 Å². The van der Waals surface area contributed by atoms with Gasteiger partial charge in [-0.1, -0.05) is 30.3 Å². The molecule has 4 aromatic rings. The summed E-state index contributed by atoms with van der Waals surface area (Å²) in [5, 5.41) is 11.8. The second-order valence-corrected chi connectivity index (χ2v) is 7.26. The number of fused-ring (bicyclic) bond motifs is 1. The van der Waals surface area contributed by atoms with E-state index in [-0.39, 0.29) is 40.3 Å². The van der Waals surface area contributed by atoms with Crippen molar-refractivity contribution >= 4 is 10.8 Å². The first-order valence-corrected chi connectivity index (χ1v) is 9.72. The summed E-state index contributed by atoms with van der Waals surface area (Å²) in [7, 11) is 0. The van der Waals surface area contributed by atoms with Crippen LogP contribution in [0.15, 0.2) is 85.2 Å². The molecule has 0 saturated heterocycles. The molecule has 0 aliphatic rings. The summed E-state index contributed by atoms with van der Waals surface area (Å²) >= 11 is 0. The van der Waals surface area contributed by atoms with Crippen molar-refractivity contribution in [3.8, 4) is 5.75 Å². The molecule has 3 aromatic carbocycles. The van der Waals surface area contributed by atoms with E-state index >= 15 is 0 Å². The minimum Gasteiger partial charge on any atom is -1.00 e. The maximum Gasteiger partial charge on any atom is 0.176 e. The highest BCUT2D eigenvalue weighted by Crippen LogP contribution is 2.30. The fourth-order valence-electron chi connectivity index (χ4n) is 3.79. The van der Waals surface area contributed by atoms with Crippen molar-refractivity contribution in [1.29, 1.82) is 0 Å². The average molecular weight is 470 g/mol. The number of pyridine rings is 1. The van der Waals surface area contributed by atoms with Crippen LogP contribution < -0.4 is 21.5 Å². The molecule has 0 saturated carbocycles. The Balaban J connectivity index is 0.00000256. The van der Waals surface area contributed by atoms with Gasteiger partial charge in [0.15, 0.2) is 12.4 Å². The van der Waals surface area contributed by atoms with E-state index in [1.54, 1.807) is 30.3 Å².